The topological polar surface area (TPSA) is 67.2 Å². The van der Waals surface area contributed by atoms with Gasteiger partial charge in [-0.2, -0.15) is 18.3 Å². The summed E-state index contributed by atoms with van der Waals surface area (Å²) in [6, 6.07) is 11.8. The molecule has 0 unspecified atom stereocenters. The van der Waals surface area contributed by atoms with E-state index in [1.54, 1.807) is 21.8 Å². The predicted octanol–water partition coefficient (Wildman–Crippen LogP) is 6.04. The lowest BCUT2D eigenvalue weighted by molar-refractivity contribution is -0.137. The van der Waals surface area contributed by atoms with Gasteiger partial charge in [0.05, 0.1) is 22.8 Å². The molecule has 0 aliphatic carbocycles. The van der Waals surface area contributed by atoms with Crippen LogP contribution in [0.3, 0.4) is 0 Å². The van der Waals surface area contributed by atoms with Crippen molar-refractivity contribution in [2.75, 3.05) is 31.1 Å². The third-order valence-electron chi connectivity index (χ3n) is 6.78. The second kappa shape index (κ2) is 10.8. The SMILES string of the molecule is CC(C)CCc1nc(N2CCN(C(=O)c3ccc(C(F)(F)F)cc3)CC2)c2cnn(-c3cccc(Cl)c3)c2n1. The maximum atomic E-state index is 13.0. The number of rotatable bonds is 6. The minimum atomic E-state index is -4.44. The van der Waals surface area contributed by atoms with Crippen molar-refractivity contribution in [2.45, 2.75) is 32.9 Å². The highest BCUT2D eigenvalue weighted by Crippen LogP contribution is 2.30. The van der Waals surface area contributed by atoms with E-state index in [1.165, 1.54) is 12.1 Å². The van der Waals surface area contributed by atoms with E-state index in [0.717, 1.165) is 41.3 Å². The molecule has 4 aromatic rings. The Hall–Kier alpha value is -3.66. The van der Waals surface area contributed by atoms with Crippen LogP contribution in [0.5, 0.6) is 0 Å². The van der Waals surface area contributed by atoms with Crippen molar-refractivity contribution in [1.82, 2.24) is 24.6 Å². The number of carbonyl (C=O) groups excluding carboxylic acids is 1. The van der Waals surface area contributed by atoms with Crippen LogP contribution in [0.25, 0.3) is 16.7 Å². The van der Waals surface area contributed by atoms with Crippen molar-refractivity contribution in [2.24, 2.45) is 5.92 Å². The Balaban J connectivity index is 1.39. The van der Waals surface area contributed by atoms with E-state index in [0.29, 0.717) is 49.2 Å². The van der Waals surface area contributed by atoms with Crippen LogP contribution in [0.15, 0.2) is 54.7 Å². The lowest BCUT2D eigenvalue weighted by Crippen LogP contribution is -2.49. The molecular formula is C28H28ClF3N6O. The highest BCUT2D eigenvalue weighted by molar-refractivity contribution is 6.30. The van der Waals surface area contributed by atoms with Crippen molar-refractivity contribution in [3.63, 3.8) is 0 Å². The number of alkyl halides is 3. The minimum absolute atomic E-state index is 0.236. The Morgan fingerprint density at radius 2 is 1.74 bits per heavy atom. The standard InChI is InChI=1S/C28H28ClF3N6O/c1-18(2)6-11-24-34-25(23-17-33-38(26(23)35-24)22-5-3-4-21(29)16-22)36-12-14-37(15-13-36)27(39)19-7-9-20(10-8-19)28(30,31)32/h3-5,7-10,16-18H,6,11-15H2,1-2H3. The maximum Gasteiger partial charge on any atom is 0.416 e. The molecule has 1 saturated heterocycles. The Morgan fingerprint density at radius 1 is 1.03 bits per heavy atom. The minimum Gasteiger partial charge on any atom is -0.352 e. The summed E-state index contributed by atoms with van der Waals surface area (Å²) in [4.78, 5) is 26.5. The molecule has 11 heteroatoms. The van der Waals surface area contributed by atoms with Crippen molar-refractivity contribution in [3.8, 4) is 5.69 Å². The molecule has 7 nitrogen and oxygen atoms in total. The van der Waals surface area contributed by atoms with Gasteiger partial charge in [0.1, 0.15) is 11.6 Å². The van der Waals surface area contributed by atoms with Crippen LogP contribution in [0, 0.1) is 5.92 Å². The molecule has 1 aliphatic rings. The van der Waals surface area contributed by atoms with E-state index in [1.807, 2.05) is 18.2 Å². The van der Waals surface area contributed by atoms with Gasteiger partial charge < -0.3 is 9.80 Å². The fourth-order valence-electron chi connectivity index (χ4n) is 4.61. The molecule has 5 rings (SSSR count). The molecule has 3 heterocycles. The number of aromatic nitrogens is 4. The first-order valence-corrected chi connectivity index (χ1v) is 13.2. The average molecular weight is 557 g/mol. The maximum absolute atomic E-state index is 13.0. The van der Waals surface area contributed by atoms with E-state index in [-0.39, 0.29) is 11.5 Å². The summed E-state index contributed by atoms with van der Waals surface area (Å²) < 4.78 is 40.5. The molecule has 0 bridgehead atoms. The van der Waals surface area contributed by atoms with Crippen LogP contribution >= 0.6 is 11.6 Å². The molecule has 1 fully saturated rings. The molecule has 39 heavy (non-hydrogen) atoms. The predicted molar refractivity (Wildman–Crippen MR) is 144 cm³/mol. The summed E-state index contributed by atoms with van der Waals surface area (Å²) in [7, 11) is 0. The summed E-state index contributed by atoms with van der Waals surface area (Å²) in [6.45, 7) is 6.17. The van der Waals surface area contributed by atoms with E-state index in [9.17, 15) is 18.0 Å². The average Bonchev–Trinajstić information content (AvgIpc) is 3.35. The first kappa shape index (κ1) is 26.9. The third kappa shape index (κ3) is 5.85. The van der Waals surface area contributed by atoms with Crippen LogP contribution in [0.2, 0.25) is 5.02 Å². The molecule has 2 aromatic carbocycles. The normalized spacial score (nSPS) is 14.4. The van der Waals surface area contributed by atoms with E-state index in [4.69, 9.17) is 21.6 Å². The fourth-order valence-corrected chi connectivity index (χ4v) is 4.79. The summed E-state index contributed by atoms with van der Waals surface area (Å²) in [5.41, 5.74) is 0.941. The number of aryl methyl sites for hydroxylation is 1. The largest absolute Gasteiger partial charge is 0.416 e. The van der Waals surface area contributed by atoms with Crippen LogP contribution in [0.4, 0.5) is 19.0 Å². The van der Waals surface area contributed by atoms with Gasteiger partial charge in [0.15, 0.2) is 5.65 Å². The second-order valence-corrected chi connectivity index (χ2v) is 10.5. The number of nitrogens with zero attached hydrogens (tertiary/aromatic N) is 6. The van der Waals surface area contributed by atoms with Gasteiger partial charge in [-0.15, -0.1) is 0 Å². The van der Waals surface area contributed by atoms with Gasteiger partial charge in [-0.1, -0.05) is 31.5 Å². The number of halogens is 4. The molecule has 1 aliphatic heterocycles. The zero-order chi connectivity index (χ0) is 27.7. The Morgan fingerprint density at radius 3 is 2.38 bits per heavy atom. The first-order chi connectivity index (χ1) is 18.6. The lowest BCUT2D eigenvalue weighted by atomic mass is 10.1. The monoisotopic (exact) mass is 556 g/mol. The van der Waals surface area contributed by atoms with Gasteiger partial charge in [-0.25, -0.2) is 14.6 Å². The number of anilines is 1. The molecule has 204 valence electrons. The van der Waals surface area contributed by atoms with Crippen molar-refractivity contribution < 1.29 is 18.0 Å². The number of piperazine rings is 1. The van der Waals surface area contributed by atoms with Crippen LogP contribution in [-0.2, 0) is 12.6 Å². The Labute approximate surface area is 229 Å². The van der Waals surface area contributed by atoms with Crippen LogP contribution < -0.4 is 4.90 Å². The zero-order valence-corrected chi connectivity index (χ0v) is 22.4. The second-order valence-electron chi connectivity index (χ2n) is 10.0. The van der Waals surface area contributed by atoms with E-state index >= 15 is 0 Å². The molecule has 0 spiro atoms. The Bertz CT molecular complexity index is 1480. The van der Waals surface area contributed by atoms with Crippen molar-refractivity contribution in [3.05, 3.63) is 76.7 Å². The highest BCUT2D eigenvalue weighted by atomic mass is 35.5. The molecule has 1 amide bonds. The van der Waals surface area contributed by atoms with Crippen molar-refractivity contribution in [1.29, 1.82) is 0 Å². The van der Waals surface area contributed by atoms with Gasteiger partial charge in [0.2, 0.25) is 0 Å². The van der Waals surface area contributed by atoms with Gasteiger partial charge in [0, 0.05) is 43.2 Å². The number of hydrogen-bond acceptors (Lipinski definition) is 5. The number of hydrogen-bond donors (Lipinski definition) is 0. The number of amides is 1. The Kier molecular flexibility index (Phi) is 7.48. The van der Waals surface area contributed by atoms with Crippen LogP contribution in [0.1, 0.15) is 42.0 Å². The smallest absolute Gasteiger partial charge is 0.352 e. The summed E-state index contributed by atoms with van der Waals surface area (Å²) in [6.07, 6.45) is -1.04. The van der Waals surface area contributed by atoms with Crippen molar-refractivity contribution >= 4 is 34.4 Å². The molecule has 2 aromatic heterocycles. The molecule has 0 saturated carbocycles. The van der Waals surface area contributed by atoms with Crippen LogP contribution in [-0.4, -0.2) is 56.7 Å². The summed E-state index contributed by atoms with van der Waals surface area (Å²) >= 11 is 6.23. The lowest BCUT2D eigenvalue weighted by Gasteiger charge is -2.35. The van der Waals surface area contributed by atoms with Gasteiger partial charge in [-0.3, -0.25) is 4.79 Å². The zero-order valence-electron chi connectivity index (χ0n) is 21.6. The number of carbonyl (C=O) groups is 1. The number of fused-ring (bicyclic) bond motifs is 1. The molecule has 0 N–H and O–H groups in total. The van der Waals surface area contributed by atoms with Gasteiger partial charge in [-0.05, 0) is 54.8 Å². The highest BCUT2D eigenvalue weighted by Gasteiger charge is 2.31. The molecule has 0 radical (unpaired) electrons. The summed E-state index contributed by atoms with van der Waals surface area (Å²) in [5, 5.41) is 5.98. The van der Waals surface area contributed by atoms with E-state index < -0.39 is 11.7 Å². The first-order valence-electron chi connectivity index (χ1n) is 12.8. The number of benzene rings is 2. The molecular weight excluding hydrogens is 529 g/mol. The molecule has 0 atom stereocenters. The van der Waals surface area contributed by atoms with Gasteiger partial charge in [0.25, 0.3) is 5.91 Å². The van der Waals surface area contributed by atoms with E-state index in [2.05, 4.69) is 23.8 Å². The quantitative estimate of drug-likeness (QED) is 0.290. The fraction of sp³-hybridized carbons (Fsp3) is 0.357. The van der Waals surface area contributed by atoms with Gasteiger partial charge >= 0.3 is 6.18 Å². The summed E-state index contributed by atoms with van der Waals surface area (Å²) in [5.74, 6) is 1.68. The third-order valence-corrected chi connectivity index (χ3v) is 7.01.